The minimum absolute atomic E-state index is 0.172. The zero-order valence-corrected chi connectivity index (χ0v) is 11.4. The highest BCUT2D eigenvalue weighted by Crippen LogP contribution is 2.40. The Balaban J connectivity index is 2.66. The number of hydrogen-bond acceptors (Lipinski definition) is 2. The summed E-state index contributed by atoms with van der Waals surface area (Å²) < 4.78 is 18.7. The van der Waals surface area contributed by atoms with Crippen LogP contribution in [0.15, 0.2) is 24.3 Å². The van der Waals surface area contributed by atoms with Crippen molar-refractivity contribution in [2.24, 2.45) is 0 Å². The zero-order chi connectivity index (χ0) is 13.3. The van der Waals surface area contributed by atoms with E-state index in [9.17, 15) is 4.39 Å². The van der Waals surface area contributed by atoms with Crippen LogP contribution in [-0.2, 0) is 0 Å². The fourth-order valence-electron chi connectivity index (χ4n) is 1.49. The molecule has 0 bridgehead atoms. The van der Waals surface area contributed by atoms with Crippen molar-refractivity contribution < 1.29 is 9.13 Å². The summed E-state index contributed by atoms with van der Waals surface area (Å²) in [6.45, 7) is 0. The van der Waals surface area contributed by atoms with Crippen LogP contribution in [0.4, 0.5) is 4.39 Å². The number of rotatable bonds is 2. The van der Waals surface area contributed by atoms with Crippen molar-refractivity contribution in [2.75, 3.05) is 7.11 Å². The summed E-state index contributed by atoms with van der Waals surface area (Å²) in [6, 6.07) is 6.11. The van der Waals surface area contributed by atoms with Crippen LogP contribution in [0, 0.1) is 5.95 Å². The summed E-state index contributed by atoms with van der Waals surface area (Å²) in [5.41, 5.74) is 0.492. The average Bonchev–Trinajstić information content (AvgIpc) is 2.36. The molecule has 1 aromatic carbocycles. The minimum Gasteiger partial charge on any atom is -0.481 e. The van der Waals surface area contributed by atoms with Crippen LogP contribution in [0.25, 0.3) is 11.1 Å². The largest absolute Gasteiger partial charge is 0.481 e. The van der Waals surface area contributed by atoms with Gasteiger partial charge in [0.05, 0.1) is 22.2 Å². The third kappa shape index (κ3) is 2.39. The predicted molar refractivity (Wildman–Crippen MR) is 71.2 cm³/mol. The summed E-state index contributed by atoms with van der Waals surface area (Å²) >= 11 is 17.9. The fraction of sp³-hybridized carbons (Fsp3) is 0.0833. The molecule has 0 saturated heterocycles. The lowest BCUT2D eigenvalue weighted by Gasteiger charge is -2.10. The van der Waals surface area contributed by atoms with Gasteiger partial charge in [0.15, 0.2) is 0 Å². The molecule has 2 nitrogen and oxygen atoms in total. The molecule has 0 unspecified atom stereocenters. The first-order chi connectivity index (χ1) is 8.54. The minimum atomic E-state index is -0.722. The van der Waals surface area contributed by atoms with Gasteiger partial charge in [-0.2, -0.15) is 9.37 Å². The fourth-order valence-corrected chi connectivity index (χ4v) is 2.22. The number of hydrogen-bond donors (Lipinski definition) is 0. The van der Waals surface area contributed by atoms with Gasteiger partial charge in [0.1, 0.15) is 0 Å². The second kappa shape index (κ2) is 5.31. The van der Waals surface area contributed by atoms with Crippen LogP contribution in [0.2, 0.25) is 15.1 Å². The second-order valence-electron chi connectivity index (χ2n) is 3.41. The Bertz CT molecular complexity index is 604. The molecule has 6 heteroatoms. The molecule has 1 heterocycles. The van der Waals surface area contributed by atoms with E-state index in [1.807, 2.05) is 0 Å². The Morgan fingerprint density at radius 1 is 1.06 bits per heavy atom. The molecule has 0 spiro atoms. The Hall–Kier alpha value is -1.03. The van der Waals surface area contributed by atoms with Crippen molar-refractivity contribution >= 4 is 34.8 Å². The molecule has 0 saturated carbocycles. The molecular weight excluding hydrogens is 299 g/mol. The van der Waals surface area contributed by atoms with E-state index in [4.69, 9.17) is 39.5 Å². The van der Waals surface area contributed by atoms with E-state index in [0.29, 0.717) is 15.6 Å². The van der Waals surface area contributed by atoms with Gasteiger partial charge in [0.2, 0.25) is 11.8 Å². The van der Waals surface area contributed by atoms with Crippen LogP contribution in [0.3, 0.4) is 0 Å². The van der Waals surface area contributed by atoms with Gasteiger partial charge >= 0.3 is 0 Å². The first kappa shape index (κ1) is 13.4. The highest BCUT2D eigenvalue weighted by Gasteiger charge is 2.16. The molecule has 0 aliphatic carbocycles. The average molecular weight is 307 g/mol. The van der Waals surface area contributed by atoms with E-state index >= 15 is 0 Å². The van der Waals surface area contributed by atoms with Crippen LogP contribution in [0.5, 0.6) is 5.88 Å². The molecule has 2 aromatic rings. The molecule has 1 aromatic heterocycles. The number of ether oxygens (including phenoxy) is 1. The standard InChI is InChI=1S/C12H7Cl3FNO/c1-18-9-5-2-6(12(16)17-9)10-7(13)3-4-8(14)11(10)15/h2-5H,1H3. The maximum absolute atomic E-state index is 13.9. The number of halogens is 4. The maximum Gasteiger partial charge on any atom is 0.224 e. The van der Waals surface area contributed by atoms with Crippen LogP contribution < -0.4 is 4.74 Å². The van der Waals surface area contributed by atoms with Crippen LogP contribution in [0.1, 0.15) is 0 Å². The highest BCUT2D eigenvalue weighted by molar-refractivity contribution is 6.46. The maximum atomic E-state index is 13.9. The van der Waals surface area contributed by atoms with Gasteiger partial charge in [-0.25, -0.2) is 0 Å². The van der Waals surface area contributed by atoms with E-state index in [1.54, 1.807) is 12.1 Å². The predicted octanol–water partition coefficient (Wildman–Crippen LogP) is 4.86. The van der Waals surface area contributed by atoms with Gasteiger partial charge in [-0.15, -0.1) is 0 Å². The quantitative estimate of drug-likeness (QED) is 0.584. The molecule has 18 heavy (non-hydrogen) atoms. The summed E-state index contributed by atoms with van der Waals surface area (Å²) in [5, 5.41) is 0.789. The van der Waals surface area contributed by atoms with Gasteiger partial charge in [0.25, 0.3) is 0 Å². The number of nitrogens with zero attached hydrogens (tertiary/aromatic N) is 1. The summed E-state index contributed by atoms with van der Waals surface area (Å²) in [6.07, 6.45) is 0. The topological polar surface area (TPSA) is 22.1 Å². The molecule has 0 N–H and O–H groups in total. The third-order valence-electron chi connectivity index (χ3n) is 2.35. The Morgan fingerprint density at radius 2 is 1.72 bits per heavy atom. The van der Waals surface area contributed by atoms with Gasteiger partial charge in [0, 0.05) is 17.2 Å². The van der Waals surface area contributed by atoms with Crippen molar-refractivity contribution in [1.82, 2.24) is 4.98 Å². The Morgan fingerprint density at radius 3 is 2.33 bits per heavy atom. The van der Waals surface area contributed by atoms with Gasteiger partial charge < -0.3 is 4.74 Å². The molecular formula is C12H7Cl3FNO. The first-order valence-electron chi connectivity index (χ1n) is 4.89. The van der Waals surface area contributed by atoms with E-state index in [0.717, 1.165) is 0 Å². The monoisotopic (exact) mass is 305 g/mol. The summed E-state index contributed by atoms with van der Waals surface area (Å²) in [7, 11) is 1.40. The van der Waals surface area contributed by atoms with Crippen LogP contribution in [-0.4, -0.2) is 12.1 Å². The zero-order valence-electron chi connectivity index (χ0n) is 9.18. The number of aromatic nitrogens is 1. The van der Waals surface area contributed by atoms with E-state index < -0.39 is 5.95 Å². The summed E-state index contributed by atoms with van der Waals surface area (Å²) in [4.78, 5) is 3.63. The molecule has 0 fully saturated rings. The molecule has 0 radical (unpaired) electrons. The van der Waals surface area contributed by atoms with Crippen molar-refractivity contribution in [1.29, 1.82) is 0 Å². The lowest BCUT2D eigenvalue weighted by molar-refractivity contribution is 0.388. The Kier molecular flexibility index (Phi) is 3.95. The molecule has 0 aliphatic rings. The van der Waals surface area contributed by atoms with E-state index in [-0.39, 0.29) is 16.5 Å². The third-order valence-corrected chi connectivity index (χ3v) is 3.46. The van der Waals surface area contributed by atoms with Gasteiger partial charge in [-0.1, -0.05) is 34.8 Å². The smallest absolute Gasteiger partial charge is 0.224 e. The lowest BCUT2D eigenvalue weighted by atomic mass is 10.1. The normalized spacial score (nSPS) is 10.5. The van der Waals surface area contributed by atoms with Crippen molar-refractivity contribution in [3.05, 3.63) is 45.3 Å². The van der Waals surface area contributed by atoms with Crippen molar-refractivity contribution in [2.45, 2.75) is 0 Å². The van der Waals surface area contributed by atoms with Crippen molar-refractivity contribution in [3.8, 4) is 17.0 Å². The molecule has 0 atom stereocenters. The molecule has 0 aliphatic heterocycles. The second-order valence-corrected chi connectivity index (χ2v) is 4.60. The van der Waals surface area contributed by atoms with E-state index in [1.165, 1.54) is 19.2 Å². The van der Waals surface area contributed by atoms with E-state index in [2.05, 4.69) is 4.98 Å². The number of methoxy groups -OCH3 is 1. The molecule has 0 amide bonds. The molecule has 94 valence electrons. The first-order valence-corrected chi connectivity index (χ1v) is 6.02. The summed E-state index contributed by atoms with van der Waals surface area (Å²) in [5.74, 6) is -0.550. The highest BCUT2D eigenvalue weighted by atomic mass is 35.5. The number of pyridine rings is 1. The SMILES string of the molecule is COc1ccc(-c2c(Cl)ccc(Cl)c2Cl)c(F)n1. The van der Waals surface area contributed by atoms with Crippen LogP contribution >= 0.6 is 34.8 Å². The lowest BCUT2D eigenvalue weighted by Crippen LogP contribution is -1.94. The number of benzene rings is 1. The Labute approximate surface area is 118 Å². The van der Waals surface area contributed by atoms with Gasteiger partial charge in [-0.3, -0.25) is 0 Å². The molecule has 2 rings (SSSR count). The van der Waals surface area contributed by atoms with Crippen molar-refractivity contribution in [3.63, 3.8) is 0 Å². The van der Waals surface area contributed by atoms with Gasteiger partial charge in [-0.05, 0) is 18.2 Å².